The van der Waals surface area contributed by atoms with Crippen LogP contribution in [0, 0.1) is 0 Å². The van der Waals surface area contributed by atoms with E-state index in [4.69, 9.17) is 14.6 Å². The molecule has 1 aromatic carbocycles. The van der Waals surface area contributed by atoms with E-state index in [-0.39, 0.29) is 26.3 Å². The first-order chi connectivity index (χ1) is 11.7. The Labute approximate surface area is 148 Å². The second-order valence-corrected chi connectivity index (χ2v) is 6.58. The lowest BCUT2D eigenvalue weighted by Gasteiger charge is -2.26. The van der Waals surface area contributed by atoms with Gasteiger partial charge in [0.05, 0.1) is 13.2 Å². The van der Waals surface area contributed by atoms with Gasteiger partial charge in [-0.05, 0) is 39.8 Å². The van der Waals surface area contributed by atoms with Gasteiger partial charge in [0.1, 0.15) is 24.0 Å². The smallest absolute Gasteiger partial charge is 0.328 e. The standard InChI is InChI=1S/C18H28N2O5/c1-14(16(22)25-18(2,3)4)19-17(23)20(10-12-21)11-13-24-15-8-6-5-7-9-15/h5-9,14,21H,10-13H2,1-4H3,(H,19,23)/t14-/m0/s1. The van der Waals surface area contributed by atoms with Crippen molar-refractivity contribution in [2.75, 3.05) is 26.3 Å². The van der Waals surface area contributed by atoms with E-state index < -0.39 is 23.6 Å². The van der Waals surface area contributed by atoms with Gasteiger partial charge >= 0.3 is 12.0 Å². The summed E-state index contributed by atoms with van der Waals surface area (Å²) in [6.07, 6.45) is 0. The van der Waals surface area contributed by atoms with E-state index in [1.807, 2.05) is 30.3 Å². The van der Waals surface area contributed by atoms with Crippen LogP contribution in [0.1, 0.15) is 27.7 Å². The van der Waals surface area contributed by atoms with Gasteiger partial charge in [0, 0.05) is 6.54 Å². The molecule has 1 aromatic rings. The number of urea groups is 1. The van der Waals surface area contributed by atoms with Crippen molar-refractivity contribution >= 4 is 12.0 Å². The molecule has 0 bridgehead atoms. The van der Waals surface area contributed by atoms with E-state index in [1.165, 1.54) is 4.90 Å². The fraction of sp³-hybridized carbons (Fsp3) is 0.556. The molecule has 0 saturated heterocycles. The number of carbonyl (C=O) groups excluding carboxylic acids is 2. The van der Waals surface area contributed by atoms with Gasteiger partial charge < -0.3 is 24.8 Å². The topological polar surface area (TPSA) is 88.1 Å². The number of aliphatic hydroxyl groups excluding tert-OH is 1. The number of hydrogen-bond donors (Lipinski definition) is 2. The molecule has 0 aliphatic heterocycles. The van der Waals surface area contributed by atoms with Crippen molar-refractivity contribution in [2.24, 2.45) is 0 Å². The molecule has 0 unspecified atom stereocenters. The second-order valence-electron chi connectivity index (χ2n) is 6.58. The number of benzene rings is 1. The van der Waals surface area contributed by atoms with Crippen LogP contribution in [0.5, 0.6) is 5.75 Å². The Bertz CT molecular complexity index is 542. The molecule has 0 fully saturated rings. The first-order valence-corrected chi connectivity index (χ1v) is 8.30. The third kappa shape index (κ3) is 8.39. The van der Waals surface area contributed by atoms with Crippen LogP contribution >= 0.6 is 0 Å². The lowest BCUT2D eigenvalue weighted by atomic mass is 10.2. The Hall–Kier alpha value is -2.28. The highest BCUT2D eigenvalue weighted by molar-refractivity contribution is 5.83. The van der Waals surface area contributed by atoms with Crippen molar-refractivity contribution in [3.8, 4) is 5.75 Å². The second kappa shape index (κ2) is 9.88. The summed E-state index contributed by atoms with van der Waals surface area (Å²) in [5, 5.41) is 11.7. The van der Waals surface area contributed by atoms with Gasteiger partial charge in [-0.15, -0.1) is 0 Å². The summed E-state index contributed by atoms with van der Waals surface area (Å²) in [7, 11) is 0. The quantitative estimate of drug-likeness (QED) is 0.697. The number of nitrogens with zero attached hydrogens (tertiary/aromatic N) is 1. The molecule has 7 nitrogen and oxygen atoms in total. The summed E-state index contributed by atoms with van der Waals surface area (Å²) in [4.78, 5) is 25.6. The predicted molar refractivity (Wildman–Crippen MR) is 94.4 cm³/mol. The van der Waals surface area contributed by atoms with Gasteiger partial charge in [0.25, 0.3) is 0 Å². The molecule has 0 heterocycles. The molecule has 1 atom stereocenters. The minimum Gasteiger partial charge on any atom is -0.492 e. The van der Waals surface area contributed by atoms with Crippen molar-refractivity contribution in [3.05, 3.63) is 30.3 Å². The number of para-hydroxylation sites is 1. The van der Waals surface area contributed by atoms with Crippen molar-refractivity contribution in [1.82, 2.24) is 10.2 Å². The van der Waals surface area contributed by atoms with Gasteiger partial charge in [-0.3, -0.25) is 0 Å². The summed E-state index contributed by atoms with van der Waals surface area (Å²) >= 11 is 0. The molecule has 0 spiro atoms. The molecule has 0 saturated carbocycles. The lowest BCUT2D eigenvalue weighted by Crippen LogP contribution is -2.49. The van der Waals surface area contributed by atoms with Gasteiger partial charge in [-0.1, -0.05) is 18.2 Å². The van der Waals surface area contributed by atoms with Gasteiger partial charge in [0.15, 0.2) is 0 Å². The summed E-state index contributed by atoms with van der Waals surface area (Å²) in [5.41, 5.74) is -0.621. The van der Waals surface area contributed by atoms with Crippen LogP contribution in [-0.4, -0.2) is 60.0 Å². The van der Waals surface area contributed by atoms with E-state index in [9.17, 15) is 9.59 Å². The highest BCUT2D eigenvalue weighted by Gasteiger charge is 2.24. The monoisotopic (exact) mass is 352 g/mol. The maximum absolute atomic E-state index is 12.3. The average molecular weight is 352 g/mol. The number of esters is 1. The van der Waals surface area contributed by atoms with E-state index in [0.717, 1.165) is 0 Å². The largest absolute Gasteiger partial charge is 0.492 e. The van der Waals surface area contributed by atoms with Crippen LogP contribution in [0.2, 0.25) is 0 Å². The summed E-state index contributed by atoms with van der Waals surface area (Å²) < 4.78 is 10.8. The molecule has 2 amide bonds. The predicted octanol–water partition coefficient (Wildman–Crippen LogP) is 1.80. The van der Waals surface area contributed by atoms with Crippen molar-refractivity contribution in [1.29, 1.82) is 0 Å². The summed E-state index contributed by atoms with van der Waals surface area (Å²) in [6, 6.07) is 8.00. The van der Waals surface area contributed by atoms with Crippen molar-refractivity contribution in [2.45, 2.75) is 39.3 Å². The van der Waals surface area contributed by atoms with Crippen LogP contribution in [0.3, 0.4) is 0 Å². The van der Waals surface area contributed by atoms with Crippen LogP contribution in [0.4, 0.5) is 4.79 Å². The van der Waals surface area contributed by atoms with E-state index in [0.29, 0.717) is 5.75 Å². The summed E-state index contributed by atoms with van der Waals surface area (Å²) in [5.74, 6) is 0.194. The number of carbonyl (C=O) groups is 2. The maximum atomic E-state index is 12.3. The molecule has 140 valence electrons. The Balaban J connectivity index is 2.50. The number of hydrogen-bond acceptors (Lipinski definition) is 5. The molecule has 1 rings (SSSR count). The Morgan fingerprint density at radius 1 is 1.20 bits per heavy atom. The molecule has 2 N–H and O–H groups in total. The minimum absolute atomic E-state index is 0.144. The molecular weight excluding hydrogens is 324 g/mol. The van der Waals surface area contributed by atoms with Crippen LogP contribution in [0.25, 0.3) is 0 Å². The zero-order valence-corrected chi connectivity index (χ0v) is 15.3. The molecule has 7 heteroatoms. The summed E-state index contributed by atoms with van der Waals surface area (Å²) in [6.45, 7) is 7.37. The molecule has 0 aromatic heterocycles. The molecule has 0 aliphatic carbocycles. The maximum Gasteiger partial charge on any atom is 0.328 e. The number of amides is 2. The molecular formula is C18H28N2O5. The van der Waals surface area contributed by atoms with Gasteiger partial charge in [-0.2, -0.15) is 0 Å². The van der Waals surface area contributed by atoms with Crippen LogP contribution < -0.4 is 10.1 Å². The zero-order chi connectivity index (χ0) is 18.9. The van der Waals surface area contributed by atoms with Gasteiger partial charge in [-0.25, -0.2) is 9.59 Å². The highest BCUT2D eigenvalue weighted by Crippen LogP contribution is 2.09. The Morgan fingerprint density at radius 3 is 2.40 bits per heavy atom. The number of nitrogens with one attached hydrogen (secondary N) is 1. The normalized spacial score (nSPS) is 12.2. The molecule has 0 aliphatic rings. The fourth-order valence-corrected chi connectivity index (χ4v) is 1.95. The highest BCUT2D eigenvalue weighted by atomic mass is 16.6. The zero-order valence-electron chi connectivity index (χ0n) is 15.3. The van der Waals surface area contributed by atoms with Crippen molar-refractivity contribution < 1.29 is 24.2 Å². The van der Waals surface area contributed by atoms with Crippen molar-refractivity contribution in [3.63, 3.8) is 0 Å². The fourth-order valence-electron chi connectivity index (χ4n) is 1.95. The first-order valence-electron chi connectivity index (χ1n) is 8.30. The van der Waals surface area contributed by atoms with Crippen LogP contribution in [0.15, 0.2) is 30.3 Å². The SMILES string of the molecule is C[C@H](NC(=O)N(CCO)CCOc1ccccc1)C(=O)OC(C)(C)C. The molecule has 25 heavy (non-hydrogen) atoms. The Kier molecular flexibility index (Phi) is 8.21. The van der Waals surface area contributed by atoms with E-state index in [1.54, 1.807) is 27.7 Å². The molecule has 0 radical (unpaired) electrons. The van der Waals surface area contributed by atoms with Crippen LogP contribution in [-0.2, 0) is 9.53 Å². The number of ether oxygens (including phenoxy) is 2. The minimum atomic E-state index is -0.789. The first kappa shape index (κ1) is 20.8. The van der Waals surface area contributed by atoms with Gasteiger partial charge in [0.2, 0.25) is 0 Å². The third-order valence-electron chi connectivity index (χ3n) is 3.13. The number of rotatable bonds is 8. The van der Waals surface area contributed by atoms with E-state index >= 15 is 0 Å². The lowest BCUT2D eigenvalue weighted by molar-refractivity contribution is -0.156. The third-order valence-corrected chi connectivity index (χ3v) is 3.13. The van der Waals surface area contributed by atoms with E-state index in [2.05, 4.69) is 5.32 Å². The average Bonchev–Trinajstić information content (AvgIpc) is 2.53. The Morgan fingerprint density at radius 2 is 1.84 bits per heavy atom. The number of aliphatic hydroxyl groups is 1.